The highest BCUT2D eigenvalue weighted by atomic mass is 16.5. The van der Waals surface area contributed by atoms with Crippen LogP contribution in [0.2, 0.25) is 0 Å². The molecular formula is C14H20N4O. The minimum Gasteiger partial charge on any atom is -0.497 e. The molecule has 0 aliphatic rings. The van der Waals surface area contributed by atoms with Crippen molar-refractivity contribution in [2.24, 2.45) is 7.05 Å². The van der Waals surface area contributed by atoms with Crippen molar-refractivity contribution < 1.29 is 4.74 Å². The molecule has 1 aromatic carbocycles. The van der Waals surface area contributed by atoms with Gasteiger partial charge in [0.25, 0.3) is 0 Å². The Balaban J connectivity index is 2.37. The summed E-state index contributed by atoms with van der Waals surface area (Å²) in [5.41, 5.74) is 8.87. The first kappa shape index (κ1) is 13.3. The highest BCUT2D eigenvalue weighted by Crippen LogP contribution is 2.31. The predicted molar refractivity (Wildman–Crippen MR) is 78.1 cm³/mol. The lowest BCUT2D eigenvalue weighted by molar-refractivity contribution is 0.415. The number of anilines is 3. The van der Waals surface area contributed by atoms with Crippen molar-refractivity contribution in [3.8, 4) is 5.75 Å². The molecular weight excluding hydrogens is 240 g/mol. The number of nitrogen functional groups attached to an aromatic ring is 1. The van der Waals surface area contributed by atoms with Crippen molar-refractivity contribution in [1.29, 1.82) is 0 Å². The van der Waals surface area contributed by atoms with E-state index in [9.17, 15) is 0 Å². The zero-order valence-electron chi connectivity index (χ0n) is 11.8. The van der Waals surface area contributed by atoms with Crippen LogP contribution in [0.15, 0.2) is 24.3 Å². The Morgan fingerprint density at radius 2 is 1.95 bits per heavy atom. The van der Waals surface area contributed by atoms with Crippen LogP contribution in [0, 0.1) is 0 Å². The average molecular weight is 260 g/mol. The quantitative estimate of drug-likeness (QED) is 0.916. The molecule has 0 aliphatic carbocycles. The van der Waals surface area contributed by atoms with Crippen LogP contribution in [0.1, 0.15) is 12.6 Å². The topological polar surface area (TPSA) is 56.3 Å². The number of nitrogens with two attached hydrogens (primary N) is 1. The molecule has 1 heterocycles. The molecule has 0 fully saturated rings. The van der Waals surface area contributed by atoms with E-state index in [2.05, 4.69) is 12.0 Å². The summed E-state index contributed by atoms with van der Waals surface area (Å²) in [5.74, 6) is 1.74. The average Bonchev–Trinajstić information content (AvgIpc) is 2.72. The molecule has 0 unspecified atom stereocenters. The third kappa shape index (κ3) is 2.36. The highest BCUT2D eigenvalue weighted by Gasteiger charge is 2.16. The van der Waals surface area contributed by atoms with E-state index in [0.717, 1.165) is 35.1 Å². The van der Waals surface area contributed by atoms with Crippen LogP contribution in [0.25, 0.3) is 0 Å². The Morgan fingerprint density at radius 1 is 1.32 bits per heavy atom. The molecule has 2 rings (SSSR count). The van der Waals surface area contributed by atoms with Crippen molar-refractivity contribution in [3.05, 3.63) is 30.0 Å². The summed E-state index contributed by atoms with van der Waals surface area (Å²) >= 11 is 0. The van der Waals surface area contributed by atoms with E-state index >= 15 is 0 Å². The summed E-state index contributed by atoms with van der Waals surface area (Å²) in [6, 6.07) is 7.85. The van der Waals surface area contributed by atoms with Crippen molar-refractivity contribution in [3.63, 3.8) is 0 Å². The van der Waals surface area contributed by atoms with E-state index in [1.165, 1.54) is 0 Å². The lowest BCUT2D eigenvalue weighted by atomic mass is 10.2. The molecule has 19 heavy (non-hydrogen) atoms. The van der Waals surface area contributed by atoms with Crippen LogP contribution >= 0.6 is 0 Å². The molecule has 102 valence electrons. The molecule has 0 saturated carbocycles. The number of hydrogen-bond donors (Lipinski definition) is 1. The van der Waals surface area contributed by atoms with Gasteiger partial charge in [0.05, 0.1) is 18.5 Å². The summed E-state index contributed by atoms with van der Waals surface area (Å²) in [5, 5.41) is 4.43. The van der Waals surface area contributed by atoms with Gasteiger partial charge in [0.15, 0.2) is 5.82 Å². The molecule has 2 aromatic rings. The monoisotopic (exact) mass is 260 g/mol. The third-order valence-electron chi connectivity index (χ3n) is 3.24. The summed E-state index contributed by atoms with van der Waals surface area (Å²) in [4.78, 5) is 2.03. The van der Waals surface area contributed by atoms with Gasteiger partial charge in [-0.1, -0.05) is 6.92 Å². The molecule has 1 aromatic heterocycles. The standard InChI is InChI=1S/C14H20N4O/c1-5-12-13(15)14(18(3)16-12)17(2)10-6-8-11(19-4)9-7-10/h6-9H,5,15H2,1-4H3. The van der Waals surface area contributed by atoms with Gasteiger partial charge in [-0.3, -0.25) is 4.68 Å². The van der Waals surface area contributed by atoms with Gasteiger partial charge in [0, 0.05) is 19.8 Å². The fraction of sp³-hybridized carbons (Fsp3) is 0.357. The Labute approximate surface area is 113 Å². The van der Waals surface area contributed by atoms with Crippen molar-refractivity contribution in [2.45, 2.75) is 13.3 Å². The lowest BCUT2D eigenvalue weighted by Crippen LogP contribution is -2.15. The first-order valence-corrected chi connectivity index (χ1v) is 6.27. The SMILES string of the molecule is CCc1nn(C)c(N(C)c2ccc(OC)cc2)c1N. The fourth-order valence-electron chi connectivity index (χ4n) is 2.17. The van der Waals surface area contributed by atoms with E-state index in [4.69, 9.17) is 10.5 Å². The first-order chi connectivity index (χ1) is 9.08. The third-order valence-corrected chi connectivity index (χ3v) is 3.24. The van der Waals surface area contributed by atoms with Gasteiger partial charge in [0.1, 0.15) is 5.75 Å². The van der Waals surface area contributed by atoms with E-state index in [1.807, 2.05) is 47.9 Å². The molecule has 0 radical (unpaired) electrons. The number of ether oxygens (including phenoxy) is 1. The van der Waals surface area contributed by atoms with Crippen LogP contribution in [0.5, 0.6) is 5.75 Å². The number of methoxy groups -OCH3 is 1. The molecule has 0 bridgehead atoms. The number of aryl methyl sites for hydroxylation is 2. The largest absolute Gasteiger partial charge is 0.497 e. The van der Waals surface area contributed by atoms with Crippen molar-refractivity contribution in [2.75, 3.05) is 24.8 Å². The smallest absolute Gasteiger partial charge is 0.154 e. The highest BCUT2D eigenvalue weighted by molar-refractivity contribution is 5.73. The maximum absolute atomic E-state index is 6.16. The minimum absolute atomic E-state index is 0.739. The molecule has 2 N–H and O–H groups in total. The van der Waals surface area contributed by atoms with E-state index < -0.39 is 0 Å². The number of aromatic nitrogens is 2. The fourth-order valence-corrected chi connectivity index (χ4v) is 2.17. The lowest BCUT2D eigenvalue weighted by Gasteiger charge is -2.20. The summed E-state index contributed by atoms with van der Waals surface area (Å²) < 4.78 is 6.98. The van der Waals surface area contributed by atoms with Crippen molar-refractivity contribution in [1.82, 2.24) is 9.78 Å². The summed E-state index contributed by atoms with van der Waals surface area (Å²) in [6.45, 7) is 2.05. The minimum atomic E-state index is 0.739. The normalized spacial score (nSPS) is 10.5. The van der Waals surface area contributed by atoms with Gasteiger partial charge in [-0.15, -0.1) is 0 Å². The second-order valence-corrected chi connectivity index (χ2v) is 4.42. The van der Waals surface area contributed by atoms with E-state index in [0.29, 0.717) is 0 Å². The van der Waals surface area contributed by atoms with Crippen molar-refractivity contribution >= 4 is 17.2 Å². The first-order valence-electron chi connectivity index (χ1n) is 6.27. The van der Waals surface area contributed by atoms with E-state index in [1.54, 1.807) is 7.11 Å². The summed E-state index contributed by atoms with van der Waals surface area (Å²) in [7, 11) is 5.55. The predicted octanol–water partition coefficient (Wildman–Crippen LogP) is 2.34. The maximum atomic E-state index is 6.16. The molecule has 0 saturated heterocycles. The van der Waals surface area contributed by atoms with Gasteiger partial charge < -0.3 is 15.4 Å². The molecule has 0 aliphatic heterocycles. The van der Waals surface area contributed by atoms with Gasteiger partial charge in [-0.2, -0.15) is 5.10 Å². The Hall–Kier alpha value is -2.17. The summed E-state index contributed by atoms with van der Waals surface area (Å²) in [6.07, 6.45) is 0.829. The van der Waals surface area contributed by atoms with Crippen LogP contribution in [0.4, 0.5) is 17.2 Å². The van der Waals surface area contributed by atoms with Crippen LogP contribution in [0.3, 0.4) is 0 Å². The van der Waals surface area contributed by atoms with Gasteiger partial charge in [0.2, 0.25) is 0 Å². The Bertz CT molecular complexity index is 560. The molecule has 0 spiro atoms. The number of rotatable bonds is 4. The zero-order valence-corrected chi connectivity index (χ0v) is 11.8. The second-order valence-electron chi connectivity index (χ2n) is 4.42. The van der Waals surface area contributed by atoms with E-state index in [-0.39, 0.29) is 0 Å². The van der Waals surface area contributed by atoms with Crippen LogP contribution < -0.4 is 15.4 Å². The molecule has 0 amide bonds. The molecule has 5 heteroatoms. The zero-order chi connectivity index (χ0) is 14.0. The Morgan fingerprint density at radius 3 is 2.42 bits per heavy atom. The van der Waals surface area contributed by atoms with Crippen LogP contribution in [-0.4, -0.2) is 23.9 Å². The maximum Gasteiger partial charge on any atom is 0.154 e. The molecule has 5 nitrogen and oxygen atoms in total. The number of benzene rings is 1. The van der Waals surface area contributed by atoms with Gasteiger partial charge in [-0.25, -0.2) is 0 Å². The van der Waals surface area contributed by atoms with Crippen LogP contribution in [-0.2, 0) is 13.5 Å². The number of nitrogens with zero attached hydrogens (tertiary/aromatic N) is 3. The number of hydrogen-bond acceptors (Lipinski definition) is 4. The second kappa shape index (κ2) is 5.22. The van der Waals surface area contributed by atoms with Gasteiger partial charge >= 0.3 is 0 Å². The Kier molecular flexibility index (Phi) is 3.64. The molecule has 0 atom stereocenters. The van der Waals surface area contributed by atoms with Gasteiger partial charge in [-0.05, 0) is 30.7 Å².